The van der Waals surface area contributed by atoms with Crippen LogP contribution < -0.4 is 0 Å². The number of methoxy groups -OCH3 is 1. The van der Waals surface area contributed by atoms with Gasteiger partial charge in [0.1, 0.15) is 0 Å². The summed E-state index contributed by atoms with van der Waals surface area (Å²) in [5, 5.41) is 0.622. The zero-order chi connectivity index (χ0) is 19.4. The number of halogens is 1. The normalized spacial score (nSPS) is 17.0. The monoisotopic (exact) mass is 444 g/mol. The van der Waals surface area contributed by atoms with E-state index >= 15 is 0 Å². The second-order valence-electron chi connectivity index (χ2n) is 5.64. The number of thioether (sulfide) groups is 1. The van der Waals surface area contributed by atoms with E-state index in [1.807, 2.05) is 37.3 Å². The molecule has 0 bridgehead atoms. The third kappa shape index (κ3) is 4.48. The van der Waals surface area contributed by atoms with Crippen LogP contribution in [0.3, 0.4) is 0 Å². The first kappa shape index (κ1) is 19.4. The molecule has 138 valence electrons. The zero-order valence-electron chi connectivity index (χ0n) is 14.8. The van der Waals surface area contributed by atoms with Gasteiger partial charge in [0.15, 0.2) is 5.17 Å². The van der Waals surface area contributed by atoms with E-state index in [9.17, 15) is 9.59 Å². The molecule has 1 fully saturated rings. The second-order valence-corrected chi connectivity index (χ2v) is 7.57. The van der Waals surface area contributed by atoms with Gasteiger partial charge in [-0.15, -0.1) is 0 Å². The summed E-state index contributed by atoms with van der Waals surface area (Å²) in [6.07, 6.45) is 1.87. The van der Waals surface area contributed by atoms with Crippen molar-refractivity contribution in [3.8, 4) is 0 Å². The van der Waals surface area contributed by atoms with E-state index < -0.39 is 5.97 Å². The number of hydrogen-bond donors (Lipinski definition) is 0. The van der Waals surface area contributed by atoms with Crippen LogP contribution in [0.5, 0.6) is 0 Å². The first-order valence-electron chi connectivity index (χ1n) is 8.26. The predicted octanol–water partition coefficient (Wildman–Crippen LogP) is 4.86. The maximum absolute atomic E-state index is 12.7. The third-order valence-corrected chi connectivity index (χ3v) is 5.42. The van der Waals surface area contributed by atoms with Crippen LogP contribution in [0.15, 0.2) is 62.9 Å². The number of benzene rings is 2. The van der Waals surface area contributed by atoms with Crippen LogP contribution in [0, 0.1) is 0 Å². The number of ether oxygens (including phenoxy) is 1. The number of hydrogen-bond acceptors (Lipinski definition) is 5. The number of likely N-dealkylation sites (N-methyl/N-ethyl adjacent to an activating group) is 1. The van der Waals surface area contributed by atoms with Crippen LogP contribution >= 0.6 is 27.7 Å². The molecule has 5 nitrogen and oxygen atoms in total. The lowest BCUT2D eigenvalue weighted by atomic mass is 10.2. The molecule has 0 saturated carbocycles. The van der Waals surface area contributed by atoms with Gasteiger partial charge in [-0.2, -0.15) is 0 Å². The largest absolute Gasteiger partial charge is 0.465 e. The highest BCUT2D eigenvalue weighted by Gasteiger charge is 2.32. The van der Waals surface area contributed by atoms with Crippen molar-refractivity contribution < 1.29 is 14.3 Å². The number of carbonyl (C=O) groups excluding carboxylic acids is 2. The van der Waals surface area contributed by atoms with Gasteiger partial charge in [0.05, 0.1) is 23.3 Å². The van der Waals surface area contributed by atoms with Gasteiger partial charge in [-0.25, -0.2) is 9.79 Å². The highest BCUT2D eigenvalue weighted by molar-refractivity contribution is 9.10. The van der Waals surface area contributed by atoms with E-state index in [-0.39, 0.29) is 5.91 Å². The third-order valence-electron chi connectivity index (χ3n) is 3.89. The van der Waals surface area contributed by atoms with Crippen LogP contribution in [-0.2, 0) is 9.53 Å². The van der Waals surface area contributed by atoms with Crippen LogP contribution in [-0.4, -0.2) is 35.6 Å². The fourth-order valence-corrected chi connectivity index (χ4v) is 3.81. The minimum atomic E-state index is -0.394. The molecule has 0 radical (unpaired) electrons. The molecule has 0 unspecified atom stereocenters. The van der Waals surface area contributed by atoms with E-state index in [1.165, 1.54) is 18.9 Å². The molecule has 0 N–H and O–H groups in total. The van der Waals surface area contributed by atoms with E-state index in [0.717, 1.165) is 10.0 Å². The molecule has 0 aromatic heterocycles. The molecule has 0 atom stereocenters. The number of nitrogens with zero attached hydrogens (tertiary/aromatic N) is 2. The highest BCUT2D eigenvalue weighted by Crippen LogP contribution is 2.34. The highest BCUT2D eigenvalue weighted by atomic mass is 79.9. The second kappa shape index (κ2) is 8.54. The van der Waals surface area contributed by atoms with Gasteiger partial charge in [-0.1, -0.05) is 28.1 Å². The Morgan fingerprint density at radius 2 is 1.85 bits per heavy atom. The molecule has 0 spiro atoms. The summed E-state index contributed by atoms with van der Waals surface area (Å²) in [6, 6.07) is 14.5. The molecular weight excluding hydrogens is 428 g/mol. The molecule has 3 rings (SSSR count). The Labute approximate surface area is 170 Å². The fourth-order valence-electron chi connectivity index (χ4n) is 2.48. The molecule has 1 saturated heterocycles. The Hall–Kier alpha value is -2.38. The average Bonchev–Trinajstić information content (AvgIpc) is 2.97. The van der Waals surface area contributed by atoms with Crippen LogP contribution in [0.4, 0.5) is 5.69 Å². The van der Waals surface area contributed by atoms with Crippen LogP contribution in [0.2, 0.25) is 0 Å². The van der Waals surface area contributed by atoms with Gasteiger partial charge < -0.3 is 4.74 Å². The molecule has 27 heavy (non-hydrogen) atoms. The van der Waals surface area contributed by atoms with Crippen molar-refractivity contribution in [2.24, 2.45) is 4.99 Å². The van der Waals surface area contributed by atoms with Crippen molar-refractivity contribution in [1.82, 2.24) is 4.90 Å². The van der Waals surface area contributed by atoms with Gasteiger partial charge >= 0.3 is 5.97 Å². The molecule has 1 aliphatic heterocycles. The number of esters is 1. The van der Waals surface area contributed by atoms with E-state index in [0.29, 0.717) is 27.9 Å². The Morgan fingerprint density at radius 3 is 2.44 bits per heavy atom. The van der Waals surface area contributed by atoms with Gasteiger partial charge in [-0.3, -0.25) is 9.69 Å². The minimum absolute atomic E-state index is 0.0599. The average molecular weight is 445 g/mol. The maximum Gasteiger partial charge on any atom is 0.337 e. The smallest absolute Gasteiger partial charge is 0.337 e. The summed E-state index contributed by atoms with van der Waals surface area (Å²) >= 11 is 4.75. The molecule has 2 aromatic rings. The predicted molar refractivity (Wildman–Crippen MR) is 112 cm³/mol. The van der Waals surface area contributed by atoms with Gasteiger partial charge in [0.25, 0.3) is 5.91 Å². The summed E-state index contributed by atoms with van der Waals surface area (Å²) in [5.74, 6) is -0.454. The maximum atomic E-state index is 12.7. The van der Waals surface area contributed by atoms with Gasteiger partial charge in [0, 0.05) is 11.0 Å². The molecule has 1 aliphatic rings. The van der Waals surface area contributed by atoms with Crippen LogP contribution in [0.1, 0.15) is 22.8 Å². The molecule has 2 aromatic carbocycles. The Kier molecular flexibility index (Phi) is 6.13. The molecule has 1 amide bonds. The van der Waals surface area contributed by atoms with Crippen molar-refractivity contribution in [1.29, 1.82) is 0 Å². The molecule has 7 heteroatoms. The Morgan fingerprint density at radius 1 is 1.19 bits per heavy atom. The first-order valence-corrected chi connectivity index (χ1v) is 9.87. The lowest BCUT2D eigenvalue weighted by Crippen LogP contribution is -2.28. The van der Waals surface area contributed by atoms with Crippen molar-refractivity contribution in [2.45, 2.75) is 6.92 Å². The molecular formula is C20H17BrN2O3S. The SMILES string of the molecule is CCN1C(=O)/C(=C\c2ccc(Br)cc2)SC1=Nc1ccc(C(=O)OC)cc1. The minimum Gasteiger partial charge on any atom is -0.465 e. The molecule has 1 heterocycles. The molecule has 0 aliphatic carbocycles. The van der Waals surface area contributed by atoms with Crippen LogP contribution in [0.25, 0.3) is 6.08 Å². The van der Waals surface area contributed by atoms with E-state index in [1.54, 1.807) is 29.2 Å². The fraction of sp³-hybridized carbons (Fsp3) is 0.150. The topological polar surface area (TPSA) is 59.0 Å². The quantitative estimate of drug-likeness (QED) is 0.498. The van der Waals surface area contributed by atoms with Crippen molar-refractivity contribution >= 4 is 56.5 Å². The summed E-state index contributed by atoms with van der Waals surface area (Å²) < 4.78 is 5.68. The Balaban J connectivity index is 1.86. The summed E-state index contributed by atoms with van der Waals surface area (Å²) in [6.45, 7) is 2.44. The lowest BCUT2D eigenvalue weighted by molar-refractivity contribution is -0.122. The van der Waals surface area contributed by atoms with Crippen molar-refractivity contribution in [2.75, 3.05) is 13.7 Å². The van der Waals surface area contributed by atoms with E-state index in [2.05, 4.69) is 20.9 Å². The van der Waals surface area contributed by atoms with Crippen molar-refractivity contribution in [3.63, 3.8) is 0 Å². The standard InChI is InChI=1S/C20H17BrN2O3S/c1-3-23-18(24)17(12-13-4-8-15(21)9-5-13)27-20(23)22-16-10-6-14(7-11-16)19(25)26-2/h4-12H,3H2,1-2H3/b17-12+,22-20?. The summed E-state index contributed by atoms with van der Waals surface area (Å²) in [4.78, 5) is 31.0. The Bertz CT molecular complexity index is 921. The lowest BCUT2D eigenvalue weighted by Gasteiger charge is -2.12. The number of carbonyl (C=O) groups is 2. The number of aliphatic imine (C=N–C) groups is 1. The van der Waals surface area contributed by atoms with E-state index in [4.69, 9.17) is 4.74 Å². The zero-order valence-corrected chi connectivity index (χ0v) is 17.2. The summed E-state index contributed by atoms with van der Waals surface area (Å²) in [7, 11) is 1.34. The van der Waals surface area contributed by atoms with Gasteiger partial charge in [0.2, 0.25) is 0 Å². The summed E-state index contributed by atoms with van der Waals surface area (Å²) in [5.41, 5.74) is 2.08. The number of amidine groups is 1. The first-order chi connectivity index (χ1) is 13.0. The number of amides is 1. The number of rotatable bonds is 4. The van der Waals surface area contributed by atoms with Crippen molar-refractivity contribution in [3.05, 3.63) is 69.0 Å². The van der Waals surface area contributed by atoms with Gasteiger partial charge in [-0.05, 0) is 66.7 Å².